The number of carbonyl (C=O) groups excluding carboxylic acids is 4. The van der Waals surface area contributed by atoms with E-state index >= 15 is 0 Å². The molecular weight excluding hydrogens is 296 g/mol. The number of ether oxygens (including phenoxy) is 4. The van der Waals surface area contributed by atoms with Gasteiger partial charge < -0.3 is 18.9 Å². The fourth-order valence-corrected chi connectivity index (χ4v) is 0.607. The molecular formula is C14H16O8. The van der Waals surface area contributed by atoms with Gasteiger partial charge in [-0.25, -0.2) is 19.2 Å². The van der Waals surface area contributed by atoms with Gasteiger partial charge in [-0.05, 0) is 0 Å². The summed E-state index contributed by atoms with van der Waals surface area (Å²) in [5.74, 6) is -2.31. The maximum absolute atomic E-state index is 9.92. The van der Waals surface area contributed by atoms with Crippen LogP contribution in [-0.2, 0) is 38.1 Å². The molecule has 0 N–H and O–H groups in total. The van der Waals surface area contributed by atoms with Crippen LogP contribution in [0.1, 0.15) is 0 Å². The third kappa shape index (κ3) is 14.9. The van der Waals surface area contributed by atoms with Gasteiger partial charge in [0.05, 0.1) is 26.7 Å². The molecule has 0 spiro atoms. The highest BCUT2D eigenvalue weighted by Crippen LogP contribution is 1.93. The Kier molecular flexibility index (Phi) is 13.7. The van der Waals surface area contributed by atoms with E-state index in [1.165, 1.54) is 12.5 Å². The van der Waals surface area contributed by atoms with Crippen molar-refractivity contribution in [3.8, 4) is 0 Å². The highest BCUT2D eigenvalue weighted by molar-refractivity contribution is 6.05. The lowest BCUT2D eigenvalue weighted by atomic mass is 10.6. The van der Waals surface area contributed by atoms with Crippen molar-refractivity contribution in [2.45, 2.75) is 0 Å². The Bertz CT molecular complexity index is 397. The minimum absolute atomic E-state index is 0.579. The van der Waals surface area contributed by atoms with Gasteiger partial charge in [0.25, 0.3) is 0 Å². The summed E-state index contributed by atoms with van der Waals surface area (Å²) >= 11 is 0. The first-order valence-electron chi connectivity index (χ1n) is 5.56. The molecule has 0 unspecified atom stereocenters. The Hall–Kier alpha value is -3.16. The number of rotatable bonds is 2. The standard InChI is InChI=1S/2C4H2O3.2C3H6O/c2*5-3-1-2-4(6)7-3;2*1-3-4-2/h2*1-2H;2*3H,1H2,2H3. The van der Waals surface area contributed by atoms with Crippen LogP contribution in [-0.4, -0.2) is 38.1 Å². The van der Waals surface area contributed by atoms with Crippen molar-refractivity contribution in [3.63, 3.8) is 0 Å². The number of methoxy groups -OCH3 is 2. The zero-order chi connectivity index (χ0) is 17.4. The molecule has 2 aliphatic heterocycles. The molecule has 0 aliphatic carbocycles. The predicted octanol–water partition coefficient (Wildman–Crippen LogP) is 0.805. The van der Waals surface area contributed by atoms with Crippen molar-refractivity contribution >= 4 is 23.9 Å². The van der Waals surface area contributed by atoms with Crippen LogP contribution in [0.2, 0.25) is 0 Å². The lowest BCUT2D eigenvalue weighted by Crippen LogP contribution is -1.96. The van der Waals surface area contributed by atoms with E-state index in [-0.39, 0.29) is 0 Å². The van der Waals surface area contributed by atoms with Crippen LogP contribution in [0, 0.1) is 0 Å². The van der Waals surface area contributed by atoms with Crippen molar-refractivity contribution < 1.29 is 38.1 Å². The number of hydrogen-bond donors (Lipinski definition) is 0. The third-order valence-corrected chi connectivity index (χ3v) is 1.45. The molecule has 2 heterocycles. The van der Waals surface area contributed by atoms with Gasteiger partial charge in [0.2, 0.25) is 0 Å². The molecule has 22 heavy (non-hydrogen) atoms. The van der Waals surface area contributed by atoms with Crippen molar-refractivity contribution in [3.05, 3.63) is 50.0 Å². The van der Waals surface area contributed by atoms with Gasteiger partial charge in [0.1, 0.15) is 0 Å². The highest BCUT2D eigenvalue weighted by Gasteiger charge is 2.10. The number of cyclic esters (lactones) is 4. The minimum Gasteiger partial charge on any atom is -0.505 e. The van der Waals surface area contributed by atoms with Crippen LogP contribution in [0.3, 0.4) is 0 Å². The van der Waals surface area contributed by atoms with Gasteiger partial charge >= 0.3 is 23.9 Å². The van der Waals surface area contributed by atoms with Crippen LogP contribution in [0.25, 0.3) is 0 Å². The summed E-state index contributed by atoms with van der Waals surface area (Å²) in [7, 11) is 3.12. The fourth-order valence-electron chi connectivity index (χ4n) is 0.607. The van der Waals surface area contributed by atoms with E-state index in [1.54, 1.807) is 14.2 Å². The Labute approximate surface area is 127 Å². The zero-order valence-electron chi connectivity index (χ0n) is 12.1. The summed E-state index contributed by atoms with van der Waals surface area (Å²) in [6, 6.07) is 0. The summed E-state index contributed by atoms with van der Waals surface area (Å²) in [6.45, 7) is 6.51. The van der Waals surface area contributed by atoms with Crippen LogP contribution in [0.5, 0.6) is 0 Å². The second-order valence-electron chi connectivity index (χ2n) is 2.95. The second-order valence-corrected chi connectivity index (χ2v) is 2.95. The predicted molar refractivity (Wildman–Crippen MR) is 74.9 cm³/mol. The minimum atomic E-state index is -0.579. The number of carbonyl (C=O) groups is 4. The number of hydrogen-bond acceptors (Lipinski definition) is 8. The molecule has 0 saturated carbocycles. The van der Waals surface area contributed by atoms with Gasteiger partial charge in [0, 0.05) is 24.3 Å². The van der Waals surface area contributed by atoms with E-state index < -0.39 is 23.9 Å². The normalized spacial score (nSPS) is 13.2. The Morgan fingerprint density at radius 2 is 0.909 bits per heavy atom. The SMILES string of the molecule is C=COC.C=COC.O=C1C=CC(=O)O1.O=C1C=CC(=O)O1. The Balaban J connectivity index is 0. The first-order valence-corrected chi connectivity index (χ1v) is 5.56. The molecule has 2 aliphatic rings. The first-order chi connectivity index (χ1) is 10.4. The fraction of sp³-hybridized carbons (Fsp3) is 0.143. The van der Waals surface area contributed by atoms with Crippen LogP contribution in [0.4, 0.5) is 0 Å². The highest BCUT2D eigenvalue weighted by atomic mass is 16.6. The first kappa shape index (κ1) is 21.1. The average Bonchev–Trinajstić information content (AvgIpc) is 3.07. The number of esters is 4. The van der Waals surface area contributed by atoms with Crippen molar-refractivity contribution in [1.29, 1.82) is 0 Å². The molecule has 120 valence electrons. The summed E-state index contributed by atoms with van der Waals surface area (Å²) in [5.41, 5.74) is 0. The summed E-state index contributed by atoms with van der Waals surface area (Å²) in [5, 5.41) is 0. The van der Waals surface area contributed by atoms with Crippen molar-refractivity contribution in [1.82, 2.24) is 0 Å². The largest absolute Gasteiger partial charge is 0.505 e. The Morgan fingerprint density at radius 1 is 0.727 bits per heavy atom. The summed E-state index contributed by atoms with van der Waals surface area (Å²) in [6.07, 6.45) is 7.09. The molecule has 0 saturated heterocycles. The van der Waals surface area contributed by atoms with E-state index in [0.29, 0.717) is 0 Å². The van der Waals surface area contributed by atoms with Crippen molar-refractivity contribution in [2.75, 3.05) is 14.2 Å². The average molecular weight is 312 g/mol. The maximum Gasteiger partial charge on any atom is 0.338 e. The maximum atomic E-state index is 9.92. The second kappa shape index (κ2) is 14.3. The molecule has 0 amide bonds. The van der Waals surface area contributed by atoms with E-state index in [1.807, 2.05) is 0 Å². The van der Waals surface area contributed by atoms with Crippen molar-refractivity contribution in [2.24, 2.45) is 0 Å². The van der Waals surface area contributed by atoms with Crippen LogP contribution in [0.15, 0.2) is 50.0 Å². The molecule has 0 aromatic rings. The third-order valence-electron chi connectivity index (χ3n) is 1.45. The molecule has 0 bridgehead atoms. The molecule has 0 fully saturated rings. The van der Waals surface area contributed by atoms with Crippen LogP contribution >= 0.6 is 0 Å². The Morgan fingerprint density at radius 3 is 0.955 bits per heavy atom. The summed E-state index contributed by atoms with van der Waals surface area (Å²) in [4.78, 5) is 39.7. The van der Waals surface area contributed by atoms with Gasteiger partial charge in [-0.3, -0.25) is 0 Å². The quantitative estimate of drug-likeness (QED) is 0.419. The van der Waals surface area contributed by atoms with E-state index in [2.05, 4.69) is 32.1 Å². The van der Waals surface area contributed by atoms with E-state index in [9.17, 15) is 19.2 Å². The van der Waals surface area contributed by atoms with E-state index in [4.69, 9.17) is 0 Å². The molecule has 0 aromatic carbocycles. The topological polar surface area (TPSA) is 105 Å². The molecule has 8 nitrogen and oxygen atoms in total. The van der Waals surface area contributed by atoms with Gasteiger partial charge in [0.15, 0.2) is 0 Å². The smallest absolute Gasteiger partial charge is 0.338 e. The lowest BCUT2D eigenvalue weighted by molar-refractivity contribution is -0.151. The molecule has 0 atom stereocenters. The van der Waals surface area contributed by atoms with Crippen LogP contribution < -0.4 is 0 Å². The molecule has 8 heteroatoms. The molecule has 2 rings (SSSR count). The van der Waals surface area contributed by atoms with E-state index in [0.717, 1.165) is 24.3 Å². The monoisotopic (exact) mass is 312 g/mol. The molecule has 0 radical (unpaired) electrons. The van der Waals surface area contributed by atoms with Gasteiger partial charge in [-0.15, -0.1) is 0 Å². The van der Waals surface area contributed by atoms with Gasteiger partial charge in [-0.2, -0.15) is 0 Å². The zero-order valence-corrected chi connectivity index (χ0v) is 12.1. The molecule has 0 aromatic heterocycles. The van der Waals surface area contributed by atoms with Gasteiger partial charge in [-0.1, -0.05) is 13.2 Å². The lowest BCUT2D eigenvalue weighted by Gasteiger charge is -1.80. The summed E-state index contributed by atoms with van der Waals surface area (Å²) < 4.78 is 16.6.